The first-order chi connectivity index (χ1) is 7.29. The van der Waals surface area contributed by atoms with Gasteiger partial charge in [-0.25, -0.2) is 9.97 Å². The predicted molar refractivity (Wildman–Crippen MR) is 64.1 cm³/mol. The van der Waals surface area contributed by atoms with Crippen LogP contribution in [0.5, 0.6) is 0 Å². The largest absolute Gasteiger partial charge is 0.377 e. The lowest BCUT2D eigenvalue weighted by atomic mass is 10.4. The van der Waals surface area contributed by atoms with E-state index in [0.717, 1.165) is 15.8 Å². The number of nitrogens with one attached hydrogen (secondary N) is 1. The van der Waals surface area contributed by atoms with Crippen molar-refractivity contribution in [2.75, 3.05) is 6.26 Å². The smallest absolute Gasteiger partial charge is 0.187 e. The zero-order chi connectivity index (χ0) is 10.7. The molecule has 1 aliphatic heterocycles. The van der Waals surface area contributed by atoms with Gasteiger partial charge in [0.2, 0.25) is 0 Å². The first-order valence-corrected chi connectivity index (χ1v) is 6.18. The number of hydrazone groups is 1. The Morgan fingerprint density at radius 3 is 3.13 bits per heavy atom. The first-order valence-electron chi connectivity index (χ1n) is 4.13. The maximum absolute atomic E-state index is 5.59. The summed E-state index contributed by atoms with van der Waals surface area (Å²) in [6.07, 6.45) is 5.44. The Morgan fingerprint density at radius 2 is 2.40 bits per heavy atom. The monoisotopic (exact) mass is 239 g/mol. The molecule has 2 rings (SSSR count). The number of nitrogens with zero attached hydrogens (tertiary/aromatic N) is 3. The van der Waals surface area contributed by atoms with Gasteiger partial charge >= 0.3 is 0 Å². The van der Waals surface area contributed by atoms with Gasteiger partial charge in [0.15, 0.2) is 10.3 Å². The second kappa shape index (κ2) is 4.54. The molecule has 7 heteroatoms. The highest BCUT2D eigenvalue weighted by molar-refractivity contribution is 8.21. The molecule has 1 aliphatic rings. The third kappa shape index (κ3) is 2.42. The van der Waals surface area contributed by atoms with Crippen LogP contribution in [0.25, 0.3) is 4.91 Å². The van der Waals surface area contributed by atoms with Crippen LogP contribution >= 0.6 is 23.5 Å². The molecule has 0 unspecified atom stereocenters. The van der Waals surface area contributed by atoms with Gasteiger partial charge in [0.25, 0.3) is 0 Å². The molecule has 0 saturated heterocycles. The Morgan fingerprint density at radius 1 is 1.53 bits per heavy atom. The minimum absolute atomic E-state index is 0.483. The molecule has 1 aromatic rings. The van der Waals surface area contributed by atoms with E-state index in [0.29, 0.717) is 5.17 Å². The van der Waals surface area contributed by atoms with Crippen LogP contribution in [0.3, 0.4) is 0 Å². The Balaban J connectivity index is 2.26. The van der Waals surface area contributed by atoms with Crippen LogP contribution < -0.4 is 11.2 Å². The van der Waals surface area contributed by atoms with Crippen molar-refractivity contribution in [2.45, 2.75) is 5.16 Å². The fraction of sp³-hybridized carbons (Fsp3) is 0.125. The van der Waals surface area contributed by atoms with Gasteiger partial charge in [-0.05, 0) is 24.1 Å². The predicted octanol–water partition coefficient (Wildman–Crippen LogP) is 1.06. The first kappa shape index (κ1) is 10.3. The van der Waals surface area contributed by atoms with Crippen molar-refractivity contribution in [1.82, 2.24) is 15.4 Å². The highest BCUT2D eigenvalue weighted by Crippen LogP contribution is 2.27. The topological polar surface area (TPSA) is 76.2 Å². The Bertz CT molecular complexity index is 429. The molecule has 0 bridgehead atoms. The Labute approximate surface area is 95.6 Å². The molecule has 0 atom stereocenters. The second-order valence-electron chi connectivity index (χ2n) is 2.62. The summed E-state index contributed by atoms with van der Waals surface area (Å²) in [5.41, 5.74) is 9.18. The maximum Gasteiger partial charge on any atom is 0.187 e. The Kier molecular flexibility index (Phi) is 3.12. The summed E-state index contributed by atoms with van der Waals surface area (Å²) in [6.45, 7) is 0. The number of amidine groups is 1. The second-order valence-corrected chi connectivity index (χ2v) is 4.45. The summed E-state index contributed by atoms with van der Waals surface area (Å²) in [6, 6.07) is 1.85. The fourth-order valence-electron chi connectivity index (χ4n) is 1.02. The maximum atomic E-state index is 5.59. The van der Waals surface area contributed by atoms with E-state index in [-0.39, 0.29) is 0 Å². The molecule has 15 heavy (non-hydrogen) atoms. The molecular formula is C8H9N5S2. The van der Waals surface area contributed by atoms with Gasteiger partial charge in [0.1, 0.15) is 0 Å². The van der Waals surface area contributed by atoms with E-state index in [4.69, 9.17) is 5.73 Å². The molecule has 0 aromatic carbocycles. The summed E-state index contributed by atoms with van der Waals surface area (Å²) in [7, 11) is 0. The number of rotatable bonds is 2. The number of hydrogen-bond donors (Lipinski definition) is 2. The van der Waals surface area contributed by atoms with E-state index in [9.17, 15) is 0 Å². The average molecular weight is 239 g/mol. The van der Waals surface area contributed by atoms with Gasteiger partial charge in [0, 0.05) is 12.4 Å². The summed E-state index contributed by atoms with van der Waals surface area (Å²) in [5.74, 6) is 0. The highest BCUT2D eigenvalue weighted by atomic mass is 32.2. The van der Waals surface area contributed by atoms with Crippen LogP contribution in [0, 0.1) is 0 Å². The molecule has 0 amide bonds. The minimum atomic E-state index is 0.483. The molecule has 5 nitrogen and oxygen atoms in total. The fourth-order valence-corrected chi connectivity index (χ4v) is 2.03. The van der Waals surface area contributed by atoms with Crippen molar-refractivity contribution in [1.29, 1.82) is 0 Å². The lowest BCUT2D eigenvalue weighted by molar-refractivity contribution is 0.946. The summed E-state index contributed by atoms with van der Waals surface area (Å²) >= 11 is 2.89. The summed E-state index contributed by atoms with van der Waals surface area (Å²) in [5, 5.41) is 5.06. The SMILES string of the molecule is CSc1nccc(C2=CNN=C(N)S2)n1. The van der Waals surface area contributed by atoms with Crippen LogP contribution in [0.2, 0.25) is 0 Å². The van der Waals surface area contributed by atoms with Gasteiger partial charge < -0.3 is 5.73 Å². The molecule has 2 heterocycles. The molecule has 0 radical (unpaired) electrons. The van der Waals surface area contributed by atoms with E-state index >= 15 is 0 Å². The van der Waals surface area contributed by atoms with Gasteiger partial charge in [0.05, 0.1) is 10.6 Å². The van der Waals surface area contributed by atoms with Crippen molar-refractivity contribution in [2.24, 2.45) is 10.8 Å². The van der Waals surface area contributed by atoms with Gasteiger partial charge in [-0.3, -0.25) is 5.43 Å². The van der Waals surface area contributed by atoms with E-state index in [1.807, 2.05) is 12.3 Å². The van der Waals surface area contributed by atoms with Crippen LogP contribution in [0.1, 0.15) is 5.69 Å². The third-order valence-electron chi connectivity index (χ3n) is 1.65. The molecule has 0 spiro atoms. The quantitative estimate of drug-likeness (QED) is 0.594. The molecule has 0 fully saturated rings. The van der Waals surface area contributed by atoms with E-state index < -0.39 is 0 Å². The van der Waals surface area contributed by atoms with Crippen LogP contribution in [0.15, 0.2) is 28.7 Å². The molecule has 3 N–H and O–H groups in total. The van der Waals surface area contributed by atoms with Gasteiger partial charge in [-0.1, -0.05) is 11.8 Å². The molecule has 0 saturated carbocycles. The van der Waals surface area contributed by atoms with Crippen molar-refractivity contribution in [3.63, 3.8) is 0 Å². The van der Waals surface area contributed by atoms with Crippen LogP contribution in [-0.4, -0.2) is 21.4 Å². The number of aromatic nitrogens is 2. The number of thioether (sulfide) groups is 2. The van der Waals surface area contributed by atoms with Crippen molar-refractivity contribution in [3.05, 3.63) is 24.2 Å². The van der Waals surface area contributed by atoms with Crippen LogP contribution in [-0.2, 0) is 0 Å². The van der Waals surface area contributed by atoms with E-state index in [2.05, 4.69) is 20.5 Å². The van der Waals surface area contributed by atoms with Gasteiger partial charge in [-0.2, -0.15) is 5.10 Å². The zero-order valence-corrected chi connectivity index (χ0v) is 9.60. The lowest BCUT2D eigenvalue weighted by Crippen LogP contribution is -2.15. The van der Waals surface area contributed by atoms with Crippen molar-refractivity contribution >= 4 is 33.6 Å². The molecule has 1 aromatic heterocycles. The standard InChI is InChI=1S/C8H9N5S2/c1-14-8-10-3-2-5(12-8)6-4-11-13-7(9)15-6/h2-4,11H,1H3,(H2,9,13). The minimum Gasteiger partial charge on any atom is -0.377 e. The lowest BCUT2D eigenvalue weighted by Gasteiger charge is -2.10. The van der Waals surface area contributed by atoms with Gasteiger partial charge in [-0.15, -0.1) is 0 Å². The summed E-state index contributed by atoms with van der Waals surface area (Å²) < 4.78 is 0. The molecule has 0 aliphatic carbocycles. The van der Waals surface area contributed by atoms with E-state index in [1.54, 1.807) is 12.4 Å². The molecule has 78 valence electrons. The Hall–Kier alpha value is -1.21. The number of hydrogen-bond acceptors (Lipinski definition) is 7. The zero-order valence-electron chi connectivity index (χ0n) is 7.97. The highest BCUT2D eigenvalue weighted by Gasteiger charge is 2.10. The van der Waals surface area contributed by atoms with E-state index in [1.165, 1.54) is 23.5 Å². The van der Waals surface area contributed by atoms with Crippen molar-refractivity contribution < 1.29 is 0 Å². The third-order valence-corrected chi connectivity index (χ3v) is 3.06. The number of nitrogens with two attached hydrogens (primary N) is 1. The molecular weight excluding hydrogens is 230 g/mol. The summed E-state index contributed by atoms with van der Waals surface area (Å²) in [4.78, 5) is 9.41. The van der Waals surface area contributed by atoms with Crippen molar-refractivity contribution in [3.8, 4) is 0 Å². The normalized spacial score (nSPS) is 15.3. The van der Waals surface area contributed by atoms with Crippen LogP contribution in [0.4, 0.5) is 0 Å². The average Bonchev–Trinajstić information content (AvgIpc) is 2.29.